The molecule has 2 atom stereocenters. The van der Waals surface area contributed by atoms with E-state index in [0.717, 1.165) is 16.8 Å². The van der Waals surface area contributed by atoms with Gasteiger partial charge in [-0.05, 0) is 53.3 Å². The molecule has 0 aliphatic carbocycles. The molecule has 8 nitrogen and oxygen atoms in total. The summed E-state index contributed by atoms with van der Waals surface area (Å²) in [6.07, 6.45) is 0.562. The smallest absolute Gasteiger partial charge is 0.256 e. The van der Waals surface area contributed by atoms with Crippen molar-refractivity contribution < 1.29 is 22.7 Å². The zero-order valence-corrected chi connectivity index (χ0v) is 19.1. The minimum Gasteiger partial charge on any atom is -0.454 e. The molecular formula is C23H21N3O5S2. The number of benzene rings is 2. The number of carbonyl (C=O) groups excluding carboxylic acids is 1. The van der Waals surface area contributed by atoms with Crippen LogP contribution in [0.4, 0.5) is 5.69 Å². The van der Waals surface area contributed by atoms with Gasteiger partial charge in [0.2, 0.25) is 16.8 Å². The zero-order chi connectivity index (χ0) is 22.6. The fourth-order valence-electron chi connectivity index (χ4n) is 4.65. The second kappa shape index (κ2) is 7.75. The first-order chi connectivity index (χ1) is 16.0. The Labute approximate surface area is 195 Å². The molecule has 1 fully saturated rings. The van der Waals surface area contributed by atoms with Gasteiger partial charge in [-0.25, -0.2) is 13.1 Å². The van der Waals surface area contributed by atoms with Crippen LogP contribution in [0.25, 0.3) is 11.1 Å². The van der Waals surface area contributed by atoms with Gasteiger partial charge in [-0.3, -0.25) is 4.79 Å². The molecule has 1 unspecified atom stereocenters. The van der Waals surface area contributed by atoms with Crippen LogP contribution in [0.1, 0.15) is 16.8 Å². The van der Waals surface area contributed by atoms with Crippen molar-refractivity contribution >= 4 is 33.0 Å². The van der Waals surface area contributed by atoms with Crippen molar-refractivity contribution in [3.05, 3.63) is 59.5 Å². The van der Waals surface area contributed by atoms with Crippen LogP contribution in [0, 0.1) is 0 Å². The molecule has 6 rings (SSSR count). The molecule has 33 heavy (non-hydrogen) atoms. The molecule has 3 aromatic rings. The summed E-state index contributed by atoms with van der Waals surface area (Å²) >= 11 is 1.18. The highest BCUT2D eigenvalue weighted by Crippen LogP contribution is 2.37. The second-order valence-corrected chi connectivity index (χ2v) is 11.2. The third-order valence-corrected chi connectivity index (χ3v) is 9.16. The maximum atomic E-state index is 13.5. The molecule has 1 saturated heterocycles. The number of thiophene rings is 1. The van der Waals surface area contributed by atoms with Gasteiger partial charge in [-0.2, -0.15) is 0 Å². The largest absolute Gasteiger partial charge is 0.454 e. The molecule has 3 aliphatic heterocycles. The number of amides is 1. The number of ether oxygens (including phenoxy) is 2. The number of nitrogens with one attached hydrogen (secondary N) is 2. The molecule has 0 radical (unpaired) electrons. The molecule has 0 saturated carbocycles. The van der Waals surface area contributed by atoms with Crippen LogP contribution >= 0.6 is 11.3 Å². The lowest BCUT2D eigenvalue weighted by Crippen LogP contribution is -2.39. The highest BCUT2D eigenvalue weighted by Gasteiger charge is 2.40. The van der Waals surface area contributed by atoms with Crippen molar-refractivity contribution in [2.45, 2.75) is 22.7 Å². The molecule has 3 aliphatic rings. The summed E-state index contributed by atoms with van der Waals surface area (Å²) in [6, 6.07) is 14.4. The summed E-state index contributed by atoms with van der Waals surface area (Å²) in [5.41, 5.74) is 3.19. The van der Waals surface area contributed by atoms with Crippen molar-refractivity contribution in [3.63, 3.8) is 0 Å². The van der Waals surface area contributed by atoms with Crippen LogP contribution < -0.4 is 19.5 Å². The van der Waals surface area contributed by atoms with Gasteiger partial charge < -0.3 is 19.7 Å². The molecule has 0 bridgehead atoms. The number of sulfonamides is 1. The number of nitrogens with zero attached hydrogens (tertiary/aromatic N) is 1. The summed E-state index contributed by atoms with van der Waals surface area (Å²) in [7, 11) is -3.59. The van der Waals surface area contributed by atoms with Gasteiger partial charge in [0.1, 0.15) is 4.21 Å². The Kier molecular flexibility index (Phi) is 4.82. The van der Waals surface area contributed by atoms with Crippen LogP contribution in [0.5, 0.6) is 11.5 Å². The van der Waals surface area contributed by atoms with Crippen LogP contribution in [-0.4, -0.2) is 51.2 Å². The maximum Gasteiger partial charge on any atom is 0.256 e. The van der Waals surface area contributed by atoms with E-state index >= 15 is 0 Å². The Hall–Kier alpha value is -3.08. The zero-order valence-electron chi connectivity index (χ0n) is 17.5. The van der Waals surface area contributed by atoms with E-state index in [1.807, 2.05) is 36.4 Å². The Morgan fingerprint density at radius 2 is 1.88 bits per heavy atom. The van der Waals surface area contributed by atoms with Gasteiger partial charge in [-0.1, -0.05) is 18.2 Å². The molecule has 10 heteroatoms. The fourth-order valence-corrected chi connectivity index (χ4v) is 6.90. The van der Waals surface area contributed by atoms with E-state index in [1.165, 1.54) is 11.3 Å². The number of anilines is 1. The van der Waals surface area contributed by atoms with Crippen molar-refractivity contribution in [2.75, 3.05) is 25.2 Å². The number of hydrogen-bond acceptors (Lipinski definition) is 7. The van der Waals surface area contributed by atoms with Crippen LogP contribution in [0.2, 0.25) is 0 Å². The van der Waals surface area contributed by atoms with Gasteiger partial charge in [0.25, 0.3) is 5.91 Å². The van der Waals surface area contributed by atoms with Gasteiger partial charge in [0.15, 0.2) is 11.5 Å². The number of rotatable bonds is 4. The SMILES string of the molecule is O=C1c2cc(-c3ccc4c(c3)OCO4)ccc2NC[C@@H]2CC(NS(=O)(=O)c3cccs3)CN12. The van der Waals surface area contributed by atoms with E-state index in [1.54, 1.807) is 22.4 Å². The summed E-state index contributed by atoms with van der Waals surface area (Å²) < 4.78 is 39.2. The first-order valence-corrected chi connectivity index (χ1v) is 13.0. The van der Waals surface area contributed by atoms with Crippen molar-refractivity contribution in [3.8, 4) is 22.6 Å². The standard InChI is InChI=1S/C23H21N3O5S2/c27-23-18-8-14(15-4-6-20-21(9-15)31-13-30-20)3-5-19(18)24-11-17-10-16(12-26(17)23)25-33(28,29)22-2-1-7-32-22/h1-9,16-17,24-25H,10-13H2/t16?,17-/m0/s1. The lowest BCUT2D eigenvalue weighted by molar-refractivity contribution is 0.0748. The summed E-state index contributed by atoms with van der Waals surface area (Å²) in [6.45, 7) is 1.11. The van der Waals surface area contributed by atoms with Gasteiger partial charge in [0.05, 0.1) is 11.6 Å². The van der Waals surface area contributed by atoms with Gasteiger partial charge in [-0.15, -0.1) is 11.3 Å². The Morgan fingerprint density at radius 1 is 1.06 bits per heavy atom. The van der Waals surface area contributed by atoms with Crippen molar-refractivity contribution in [1.29, 1.82) is 0 Å². The number of fused-ring (bicyclic) bond motifs is 3. The van der Waals surface area contributed by atoms with Crippen LogP contribution in [-0.2, 0) is 10.0 Å². The Bertz CT molecular complexity index is 1340. The van der Waals surface area contributed by atoms with Crippen LogP contribution in [0.3, 0.4) is 0 Å². The molecule has 2 aromatic carbocycles. The predicted molar refractivity (Wildman–Crippen MR) is 124 cm³/mol. The highest BCUT2D eigenvalue weighted by atomic mass is 32.2. The molecular weight excluding hydrogens is 462 g/mol. The third kappa shape index (κ3) is 3.64. The molecule has 170 valence electrons. The molecule has 4 heterocycles. The summed E-state index contributed by atoms with van der Waals surface area (Å²) in [4.78, 5) is 15.3. The first-order valence-electron chi connectivity index (χ1n) is 10.6. The Balaban J connectivity index is 1.26. The van der Waals surface area contributed by atoms with Gasteiger partial charge >= 0.3 is 0 Å². The lowest BCUT2D eigenvalue weighted by Gasteiger charge is -2.21. The van der Waals surface area contributed by atoms with Crippen molar-refractivity contribution in [2.24, 2.45) is 0 Å². The number of hydrogen-bond donors (Lipinski definition) is 2. The second-order valence-electron chi connectivity index (χ2n) is 8.31. The van der Waals surface area contributed by atoms with E-state index in [-0.39, 0.29) is 29.0 Å². The number of carbonyl (C=O) groups is 1. The average Bonchev–Trinajstić information content (AvgIpc) is 3.56. The molecule has 0 spiro atoms. The lowest BCUT2D eigenvalue weighted by atomic mass is 10.0. The Morgan fingerprint density at radius 3 is 2.73 bits per heavy atom. The van der Waals surface area contributed by atoms with E-state index in [9.17, 15) is 13.2 Å². The van der Waals surface area contributed by atoms with E-state index in [4.69, 9.17) is 9.47 Å². The minimum atomic E-state index is -3.59. The van der Waals surface area contributed by atoms with Gasteiger partial charge in [0, 0.05) is 24.8 Å². The quantitative estimate of drug-likeness (QED) is 0.592. The van der Waals surface area contributed by atoms with Crippen LogP contribution in [0.15, 0.2) is 58.1 Å². The minimum absolute atomic E-state index is 0.0880. The summed E-state index contributed by atoms with van der Waals surface area (Å²) in [5.74, 6) is 1.30. The first kappa shape index (κ1) is 20.5. The monoisotopic (exact) mass is 483 g/mol. The van der Waals surface area contributed by atoms with Crippen molar-refractivity contribution in [1.82, 2.24) is 9.62 Å². The fraction of sp³-hybridized carbons (Fsp3) is 0.261. The maximum absolute atomic E-state index is 13.5. The van der Waals surface area contributed by atoms with E-state index < -0.39 is 10.0 Å². The van der Waals surface area contributed by atoms with E-state index in [2.05, 4.69) is 10.0 Å². The topological polar surface area (TPSA) is 97.0 Å². The highest BCUT2D eigenvalue weighted by molar-refractivity contribution is 7.91. The third-order valence-electron chi connectivity index (χ3n) is 6.24. The summed E-state index contributed by atoms with van der Waals surface area (Å²) in [5, 5.41) is 5.11. The van der Waals surface area contributed by atoms with E-state index in [0.29, 0.717) is 36.6 Å². The molecule has 1 amide bonds. The molecule has 1 aromatic heterocycles. The molecule has 2 N–H and O–H groups in total. The predicted octanol–water partition coefficient (Wildman–Crippen LogP) is 3.13. The average molecular weight is 484 g/mol. The normalized spacial score (nSPS) is 21.3.